The van der Waals surface area contributed by atoms with Crippen LogP contribution >= 0.6 is 0 Å². The molecule has 2 amide bonds. The number of rotatable bonds is 5. The zero-order valence-corrected chi connectivity index (χ0v) is 20.0. The lowest BCUT2D eigenvalue weighted by atomic mass is 10.1. The maximum absolute atomic E-state index is 13.4. The summed E-state index contributed by atoms with van der Waals surface area (Å²) in [6.45, 7) is 1.95. The van der Waals surface area contributed by atoms with Crippen LogP contribution in [0.5, 0.6) is 0 Å². The number of aromatic nitrogens is 6. The van der Waals surface area contributed by atoms with Crippen LogP contribution in [0.15, 0.2) is 67.1 Å². The van der Waals surface area contributed by atoms with Crippen LogP contribution in [0.2, 0.25) is 0 Å². The van der Waals surface area contributed by atoms with Gasteiger partial charge in [-0.25, -0.2) is 23.4 Å². The van der Waals surface area contributed by atoms with E-state index in [-0.39, 0.29) is 30.6 Å². The van der Waals surface area contributed by atoms with Crippen molar-refractivity contribution >= 4 is 34.4 Å². The van der Waals surface area contributed by atoms with E-state index in [1.165, 1.54) is 52.3 Å². The fraction of sp³-hybridized carbons (Fsp3) is 0.154. The molecular formula is C26H20F2N8O2. The SMILES string of the molecule is Cc1cc(NC(=O)C2CC(=O)N(c3ccc(F)cc3)C2)n(-c2ncnc3c2cnn3-c2ccc(F)cc2)n1. The van der Waals surface area contributed by atoms with Crippen molar-refractivity contribution in [3.63, 3.8) is 0 Å². The Balaban J connectivity index is 1.28. The number of hydrogen-bond acceptors (Lipinski definition) is 6. The summed E-state index contributed by atoms with van der Waals surface area (Å²) in [7, 11) is 0. The van der Waals surface area contributed by atoms with Gasteiger partial charge >= 0.3 is 0 Å². The van der Waals surface area contributed by atoms with Crippen LogP contribution < -0.4 is 10.2 Å². The third-order valence-corrected chi connectivity index (χ3v) is 6.33. The molecule has 10 nitrogen and oxygen atoms in total. The minimum absolute atomic E-state index is 0.0263. The number of nitrogens with one attached hydrogen (secondary N) is 1. The van der Waals surface area contributed by atoms with Crippen molar-refractivity contribution in [1.29, 1.82) is 0 Å². The molecule has 12 heteroatoms. The van der Waals surface area contributed by atoms with Gasteiger partial charge in [0.15, 0.2) is 11.5 Å². The van der Waals surface area contributed by atoms with Crippen molar-refractivity contribution in [3.8, 4) is 11.5 Å². The van der Waals surface area contributed by atoms with Crippen molar-refractivity contribution in [2.45, 2.75) is 13.3 Å². The number of carbonyl (C=O) groups excluding carboxylic acids is 2. The molecule has 6 rings (SSSR count). The number of amides is 2. The quantitative estimate of drug-likeness (QED) is 0.384. The molecule has 0 aliphatic carbocycles. The summed E-state index contributed by atoms with van der Waals surface area (Å²) in [6.07, 6.45) is 2.96. The highest BCUT2D eigenvalue weighted by atomic mass is 19.1. The average Bonchev–Trinajstić information content (AvgIpc) is 3.61. The van der Waals surface area contributed by atoms with Crippen molar-refractivity contribution in [1.82, 2.24) is 29.5 Å². The van der Waals surface area contributed by atoms with Crippen LogP contribution in [0.1, 0.15) is 12.1 Å². The molecule has 1 unspecified atom stereocenters. The summed E-state index contributed by atoms with van der Waals surface area (Å²) in [6, 6.07) is 13.1. The maximum atomic E-state index is 13.4. The van der Waals surface area contributed by atoms with Gasteiger partial charge in [0, 0.05) is 24.7 Å². The highest BCUT2D eigenvalue weighted by Crippen LogP contribution is 2.28. The summed E-state index contributed by atoms with van der Waals surface area (Å²) < 4.78 is 29.7. The average molecular weight is 514 g/mol. The third-order valence-electron chi connectivity index (χ3n) is 6.33. The van der Waals surface area contributed by atoms with Gasteiger partial charge in [0.05, 0.1) is 28.9 Å². The van der Waals surface area contributed by atoms with Gasteiger partial charge in [0.2, 0.25) is 11.8 Å². The summed E-state index contributed by atoms with van der Waals surface area (Å²) in [4.78, 5) is 36.0. The van der Waals surface area contributed by atoms with Crippen molar-refractivity contribution < 1.29 is 18.4 Å². The smallest absolute Gasteiger partial charge is 0.230 e. The lowest BCUT2D eigenvalue weighted by Gasteiger charge is -2.16. The first kappa shape index (κ1) is 23.4. The molecule has 2 aromatic carbocycles. The predicted octanol–water partition coefficient (Wildman–Crippen LogP) is 3.58. The monoisotopic (exact) mass is 514 g/mol. The Kier molecular flexibility index (Phi) is 5.63. The molecule has 1 saturated heterocycles. The predicted molar refractivity (Wildman–Crippen MR) is 134 cm³/mol. The number of anilines is 2. The van der Waals surface area contributed by atoms with Crippen molar-refractivity contribution in [3.05, 3.63) is 84.4 Å². The Morgan fingerprint density at radius 2 is 1.66 bits per heavy atom. The fourth-order valence-corrected chi connectivity index (χ4v) is 4.50. The van der Waals surface area contributed by atoms with Gasteiger partial charge in [-0.2, -0.15) is 14.9 Å². The van der Waals surface area contributed by atoms with Gasteiger partial charge in [-0.05, 0) is 55.5 Å². The van der Waals surface area contributed by atoms with Crippen LogP contribution in [0.4, 0.5) is 20.3 Å². The van der Waals surface area contributed by atoms with Gasteiger partial charge in [0.25, 0.3) is 0 Å². The third kappa shape index (κ3) is 4.15. The molecule has 3 aromatic heterocycles. The molecule has 5 aromatic rings. The second-order valence-corrected chi connectivity index (χ2v) is 8.92. The van der Waals surface area contributed by atoms with Crippen LogP contribution in [-0.2, 0) is 9.59 Å². The van der Waals surface area contributed by atoms with Crippen LogP contribution in [-0.4, -0.2) is 47.9 Å². The van der Waals surface area contributed by atoms with Crippen molar-refractivity contribution in [2.75, 3.05) is 16.8 Å². The Morgan fingerprint density at radius 3 is 2.37 bits per heavy atom. The van der Waals surface area contributed by atoms with E-state index < -0.39 is 11.7 Å². The van der Waals surface area contributed by atoms with Gasteiger partial charge < -0.3 is 10.2 Å². The minimum atomic E-state index is -0.608. The molecule has 0 spiro atoms. The van der Waals surface area contributed by atoms with E-state index >= 15 is 0 Å². The fourth-order valence-electron chi connectivity index (χ4n) is 4.50. The largest absolute Gasteiger partial charge is 0.312 e. The number of hydrogen-bond donors (Lipinski definition) is 1. The summed E-state index contributed by atoms with van der Waals surface area (Å²) in [5.41, 5.74) is 2.26. The van der Waals surface area contributed by atoms with E-state index in [1.54, 1.807) is 36.0 Å². The Labute approximate surface area is 214 Å². The van der Waals surface area contributed by atoms with Gasteiger partial charge in [-0.1, -0.05) is 0 Å². The molecule has 1 atom stereocenters. The Morgan fingerprint density at radius 1 is 0.974 bits per heavy atom. The van der Waals surface area contributed by atoms with E-state index in [9.17, 15) is 18.4 Å². The molecule has 1 aliphatic heterocycles. The lowest BCUT2D eigenvalue weighted by molar-refractivity contribution is -0.122. The summed E-state index contributed by atoms with van der Waals surface area (Å²) >= 11 is 0. The zero-order chi connectivity index (χ0) is 26.4. The maximum Gasteiger partial charge on any atom is 0.230 e. The van der Waals surface area contributed by atoms with Crippen LogP contribution in [0, 0.1) is 24.5 Å². The summed E-state index contributed by atoms with van der Waals surface area (Å²) in [5, 5.41) is 12.3. The standard InChI is InChI=1S/C26H20F2N8O2/c1-15-10-22(32-26(38)16-11-23(37)34(13-16)19-6-2-17(27)3-7-19)36(33-15)25-21-12-31-35(24(21)29-14-30-25)20-8-4-18(28)5-9-20/h2-10,12,14,16H,11,13H2,1H3,(H,32,38). The van der Waals surface area contributed by atoms with E-state index in [2.05, 4.69) is 25.5 Å². The molecule has 1 aliphatic rings. The summed E-state index contributed by atoms with van der Waals surface area (Å²) in [5.74, 6) is -1.18. The van der Waals surface area contributed by atoms with Gasteiger partial charge in [-0.3, -0.25) is 9.59 Å². The number of benzene rings is 2. The molecule has 0 radical (unpaired) electrons. The highest BCUT2D eigenvalue weighted by Gasteiger charge is 2.35. The zero-order valence-electron chi connectivity index (χ0n) is 20.0. The molecule has 0 bridgehead atoms. The second-order valence-electron chi connectivity index (χ2n) is 8.92. The minimum Gasteiger partial charge on any atom is -0.312 e. The molecule has 4 heterocycles. The number of carbonyl (C=O) groups is 2. The van der Waals surface area contributed by atoms with Gasteiger partial charge in [0.1, 0.15) is 23.8 Å². The van der Waals surface area contributed by atoms with Crippen LogP contribution in [0.25, 0.3) is 22.5 Å². The normalized spacial score (nSPS) is 15.4. The number of nitrogens with zero attached hydrogens (tertiary/aromatic N) is 7. The first-order valence-corrected chi connectivity index (χ1v) is 11.8. The molecule has 0 saturated carbocycles. The molecule has 190 valence electrons. The first-order chi connectivity index (χ1) is 18.4. The molecular weight excluding hydrogens is 494 g/mol. The van der Waals surface area contributed by atoms with E-state index in [4.69, 9.17) is 0 Å². The Bertz CT molecular complexity index is 1680. The van der Waals surface area contributed by atoms with E-state index in [0.717, 1.165) is 0 Å². The first-order valence-electron chi connectivity index (χ1n) is 11.8. The number of fused-ring (bicyclic) bond motifs is 1. The lowest BCUT2D eigenvalue weighted by Crippen LogP contribution is -2.28. The molecule has 1 N–H and O–H groups in total. The van der Waals surface area contributed by atoms with Crippen molar-refractivity contribution in [2.24, 2.45) is 5.92 Å². The van der Waals surface area contributed by atoms with E-state index in [1.807, 2.05) is 0 Å². The molecule has 38 heavy (non-hydrogen) atoms. The molecule has 1 fully saturated rings. The van der Waals surface area contributed by atoms with Crippen LogP contribution in [0.3, 0.4) is 0 Å². The Hall–Kier alpha value is -5.00. The highest BCUT2D eigenvalue weighted by molar-refractivity contribution is 6.03. The number of aryl methyl sites for hydroxylation is 1. The topological polar surface area (TPSA) is 111 Å². The van der Waals surface area contributed by atoms with Gasteiger partial charge in [-0.15, -0.1) is 0 Å². The van der Waals surface area contributed by atoms with E-state index in [0.29, 0.717) is 39.7 Å². The number of halogens is 2. The second kappa shape index (κ2) is 9.14.